The molecular weight excluding hydrogens is 342 g/mol. The van der Waals surface area contributed by atoms with Gasteiger partial charge in [0.2, 0.25) is 5.91 Å². The molecular formula is C21H19N3O3. The van der Waals surface area contributed by atoms with Gasteiger partial charge in [-0.15, -0.1) is 0 Å². The van der Waals surface area contributed by atoms with Gasteiger partial charge in [-0.25, -0.2) is 4.79 Å². The molecule has 1 aliphatic rings. The molecule has 3 aromatic rings. The van der Waals surface area contributed by atoms with Gasteiger partial charge in [-0.1, -0.05) is 48.5 Å². The maximum absolute atomic E-state index is 13.4. The van der Waals surface area contributed by atoms with E-state index in [0.717, 1.165) is 10.9 Å². The van der Waals surface area contributed by atoms with Crippen LogP contribution in [0.1, 0.15) is 12.0 Å². The number of carbonyl (C=O) groups excluding carboxylic acids is 1. The van der Waals surface area contributed by atoms with Crippen LogP contribution in [-0.4, -0.2) is 40.1 Å². The summed E-state index contributed by atoms with van der Waals surface area (Å²) < 4.78 is 0. The number of pyridine rings is 1. The molecule has 1 unspecified atom stereocenters. The van der Waals surface area contributed by atoms with Gasteiger partial charge in [0.05, 0.1) is 16.6 Å². The minimum Gasteiger partial charge on any atom is -0.465 e. The number of anilines is 1. The van der Waals surface area contributed by atoms with E-state index in [2.05, 4.69) is 10.3 Å². The molecule has 1 aliphatic heterocycles. The summed E-state index contributed by atoms with van der Waals surface area (Å²) in [5.74, 6) is -0.212. The third-order valence-corrected chi connectivity index (χ3v) is 5.18. The Bertz CT molecular complexity index is 1000. The van der Waals surface area contributed by atoms with Crippen molar-refractivity contribution in [3.05, 3.63) is 72.4 Å². The number of nitrogens with zero attached hydrogens (tertiary/aromatic N) is 2. The summed E-state index contributed by atoms with van der Waals surface area (Å²) in [4.78, 5) is 30.5. The molecule has 0 aliphatic carbocycles. The first-order chi connectivity index (χ1) is 13.1. The predicted molar refractivity (Wildman–Crippen MR) is 103 cm³/mol. The Labute approximate surface area is 156 Å². The Morgan fingerprint density at radius 1 is 1.04 bits per heavy atom. The average Bonchev–Trinajstić information content (AvgIpc) is 3.16. The molecule has 2 aromatic carbocycles. The molecule has 0 saturated carbocycles. The van der Waals surface area contributed by atoms with Crippen molar-refractivity contribution >= 4 is 28.6 Å². The molecule has 2 amide bonds. The standard InChI is InChI=1S/C21H19N3O3/c25-19(23-17-10-4-6-15-7-5-12-22-18(15)17)21(16-8-2-1-3-9-16)11-13-24(14-21)20(26)27/h1-10,12H,11,13-14H2,(H,23,25)(H,26,27). The molecule has 136 valence electrons. The Kier molecular flexibility index (Phi) is 4.24. The summed E-state index contributed by atoms with van der Waals surface area (Å²) >= 11 is 0. The summed E-state index contributed by atoms with van der Waals surface area (Å²) in [6.07, 6.45) is 1.12. The SMILES string of the molecule is O=C(O)N1CCC(C(=O)Nc2cccc3cccnc23)(c2ccccc2)C1. The van der Waals surface area contributed by atoms with Crippen LogP contribution in [0.15, 0.2) is 66.9 Å². The highest BCUT2D eigenvalue weighted by Crippen LogP contribution is 2.36. The number of benzene rings is 2. The smallest absolute Gasteiger partial charge is 0.407 e. The number of aromatic nitrogens is 1. The van der Waals surface area contributed by atoms with Crippen molar-refractivity contribution in [1.82, 2.24) is 9.88 Å². The Morgan fingerprint density at radius 2 is 1.81 bits per heavy atom. The van der Waals surface area contributed by atoms with E-state index in [1.807, 2.05) is 60.7 Å². The van der Waals surface area contributed by atoms with Gasteiger partial charge in [0.1, 0.15) is 0 Å². The number of hydrogen-bond acceptors (Lipinski definition) is 3. The molecule has 2 N–H and O–H groups in total. The van der Waals surface area contributed by atoms with Gasteiger partial charge >= 0.3 is 6.09 Å². The number of likely N-dealkylation sites (tertiary alicyclic amines) is 1. The summed E-state index contributed by atoms with van der Waals surface area (Å²) in [7, 11) is 0. The molecule has 0 spiro atoms. The first kappa shape index (κ1) is 17.0. The van der Waals surface area contributed by atoms with Crippen LogP contribution in [0.5, 0.6) is 0 Å². The van der Waals surface area contributed by atoms with Crippen LogP contribution in [-0.2, 0) is 10.2 Å². The van der Waals surface area contributed by atoms with Crippen LogP contribution in [0.3, 0.4) is 0 Å². The van der Waals surface area contributed by atoms with Crippen LogP contribution >= 0.6 is 0 Å². The quantitative estimate of drug-likeness (QED) is 0.748. The molecule has 6 nitrogen and oxygen atoms in total. The lowest BCUT2D eigenvalue weighted by atomic mass is 9.78. The van der Waals surface area contributed by atoms with E-state index in [-0.39, 0.29) is 12.5 Å². The highest BCUT2D eigenvalue weighted by atomic mass is 16.4. The molecule has 2 heterocycles. The largest absolute Gasteiger partial charge is 0.465 e. The second kappa shape index (κ2) is 6.72. The number of amides is 2. The van der Waals surface area contributed by atoms with E-state index in [1.165, 1.54) is 4.90 Å². The maximum Gasteiger partial charge on any atom is 0.407 e. The van der Waals surface area contributed by atoms with Gasteiger partial charge in [0.25, 0.3) is 0 Å². The Hall–Kier alpha value is -3.41. The van der Waals surface area contributed by atoms with Crippen molar-refractivity contribution in [3.63, 3.8) is 0 Å². The van der Waals surface area contributed by atoms with Crippen molar-refractivity contribution in [2.75, 3.05) is 18.4 Å². The molecule has 1 fully saturated rings. The minimum absolute atomic E-state index is 0.135. The number of para-hydroxylation sites is 1. The molecule has 4 rings (SSSR count). The lowest BCUT2D eigenvalue weighted by Crippen LogP contribution is -2.43. The lowest BCUT2D eigenvalue weighted by Gasteiger charge is -2.28. The number of carbonyl (C=O) groups is 2. The van der Waals surface area contributed by atoms with E-state index in [4.69, 9.17) is 0 Å². The molecule has 6 heteroatoms. The van der Waals surface area contributed by atoms with Crippen LogP contribution in [0.2, 0.25) is 0 Å². The maximum atomic E-state index is 13.4. The number of rotatable bonds is 3. The van der Waals surface area contributed by atoms with Crippen LogP contribution in [0, 0.1) is 0 Å². The van der Waals surface area contributed by atoms with E-state index >= 15 is 0 Å². The minimum atomic E-state index is -1.01. The van der Waals surface area contributed by atoms with Crippen molar-refractivity contribution in [3.8, 4) is 0 Å². The fourth-order valence-electron chi connectivity index (χ4n) is 3.73. The Morgan fingerprint density at radius 3 is 2.56 bits per heavy atom. The monoisotopic (exact) mass is 361 g/mol. The van der Waals surface area contributed by atoms with Gasteiger partial charge < -0.3 is 15.3 Å². The van der Waals surface area contributed by atoms with Gasteiger partial charge in [0.15, 0.2) is 0 Å². The van der Waals surface area contributed by atoms with Gasteiger partial charge in [-0.3, -0.25) is 9.78 Å². The lowest BCUT2D eigenvalue weighted by molar-refractivity contribution is -0.121. The zero-order valence-electron chi connectivity index (χ0n) is 14.6. The fourth-order valence-corrected chi connectivity index (χ4v) is 3.73. The summed E-state index contributed by atoms with van der Waals surface area (Å²) in [5, 5.41) is 13.3. The van der Waals surface area contributed by atoms with Crippen LogP contribution < -0.4 is 5.32 Å². The molecule has 1 saturated heterocycles. The van der Waals surface area contributed by atoms with E-state index in [9.17, 15) is 14.7 Å². The van der Waals surface area contributed by atoms with E-state index < -0.39 is 11.5 Å². The summed E-state index contributed by atoms with van der Waals surface area (Å²) in [6, 6.07) is 18.8. The number of carboxylic acid groups (broad SMARTS) is 1. The first-order valence-corrected chi connectivity index (χ1v) is 8.79. The second-order valence-corrected chi connectivity index (χ2v) is 6.74. The van der Waals surface area contributed by atoms with Gasteiger partial charge in [0, 0.05) is 24.7 Å². The fraction of sp³-hybridized carbons (Fsp3) is 0.190. The zero-order valence-corrected chi connectivity index (χ0v) is 14.6. The predicted octanol–water partition coefficient (Wildman–Crippen LogP) is 3.50. The van der Waals surface area contributed by atoms with Gasteiger partial charge in [-0.2, -0.15) is 0 Å². The van der Waals surface area contributed by atoms with Crippen LogP contribution in [0.4, 0.5) is 10.5 Å². The van der Waals surface area contributed by atoms with Gasteiger partial charge in [-0.05, 0) is 24.1 Å². The van der Waals surface area contributed by atoms with E-state index in [1.54, 1.807) is 6.20 Å². The number of hydrogen-bond donors (Lipinski definition) is 2. The average molecular weight is 361 g/mol. The highest BCUT2D eigenvalue weighted by molar-refractivity contribution is 6.05. The Balaban J connectivity index is 1.73. The van der Waals surface area contributed by atoms with Crippen LogP contribution in [0.25, 0.3) is 10.9 Å². The number of fused-ring (bicyclic) bond motifs is 1. The summed E-state index contributed by atoms with van der Waals surface area (Å²) in [6.45, 7) is 0.460. The van der Waals surface area contributed by atoms with Crippen molar-refractivity contribution in [2.24, 2.45) is 0 Å². The van der Waals surface area contributed by atoms with E-state index in [0.29, 0.717) is 24.2 Å². The molecule has 1 atom stereocenters. The molecule has 1 aromatic heterocycles. The van der Waals surface area contributed by atoms with Crippen molar-refractivity contribution in [2.45, 2.75) is 11.8 Å². The number of nitrogens with one attached hydrogen (secondary N) is 1. The zero-order chi connectivity index (χ0) is 18.9. The third-order valence-electron chi connectivity index (χ3n) is 5.18. The molecule has 0 bridgehead atoms. The summed E-state index contributed by atoms with van der Waals surface area (Å²) in [5.41, 5.74) is 1.24. The normalized spacial score (nSPS) is 19.2. The van der Waals surface area contributed by atoms with Crippen molar-refractivity contribution in [1.29, 1.82) is 0 Å². The van der Waals surface area contributed by atoms with Crippen molar-refractivity contribution < 1.29 is 14.7 Å². The topological polar surface area (TPSA) is 82.5 Å². The second-order valence-electron chi connectivity index (χ2n) is 6.74. The molecule has 27 heavy (non-hydrogen) atoms. The highest BCUT2D eigenvalue weighted by Gasteiger charge is 2.47. The molecule has 0 radical (unpaired) electrons. The third kappa shape index (κ3) is 2.99. The first-order valence-electron chi connectivity index (χ1n) is 8.79.